The molecule has 0 aromatic heterocycles. The largest absolute Gasteiger partial charge is 0.489 e. The van der Waals surface area contributed by atoms with Crippen molar-refractivity contribution in [2.24, 2.45) is 0 Å². The van der Waals surface area contributed by atoms with Crippen molar-refractivity contribution >= 4 is 0 Å². The van der Waals surface area contributed by atoms with E-state index in [-0.39, 0.29) is 0 Å². The van der Waals surface area contributed by atoms with Crippen LogP contribution < -0.4 is 4.74 Å². The van der Waals surface area contributed by atoms with Crippen LogP contribution in [0.3, 0.4) is 0 Å². The lowest BCUT2D eigenvalue weighted by atomic mass is 10.1. The highest BCUT2D eigenvalue weighted by Crippen LogP contribution is 2.24. The lowest BCUT2D eigenvalue weighted by Gasteiger charge is -2.22. The Morgan fingerprint density at radius 2 is 1.57 bits per heavy atom. The Morgan fingerprint density at radius 3 is 2.24 bits per heavy atom. The van der Waals surface area contributed by atoms with Crippen LogP contribution in [0.25, 0.3) is 0 Å². The summed E-state index contributed by atoms with van der Waals surface area (Å²) in [6.45, 7) is 3.92. The number of rotatable bonds is 5. The summed E-state index contributed by atoms with van der Waals surface area (Å²) in [4.78, 5) is 0. The fourth-order valence-corrected chi connectivity index (χ4v) is 2.47. The average Bonchev–Trinajstić information content (AvgIpc) is 2.94. The molecule has 0 bridgehead atoms. The molecule has 0 radical (unpaired) electrons. The second-order valence-electron chi connectivity index (χ2n) is 5.43. The van der Waals surface area contributed by atoms with E-state index in [1.54, 1.807) is 0 Å². The van der Waals surface area contributed by atoms with Crippen molar-refractivity contribution in [1.29, 1.82) is 0 Å². The molecule has 110 valence electrons. The van der Waals surface area contributed by atoms with Crippen LogP contribution in [0.2, 0.25) is 0 Å². The Labute approximate surface area is 125 Å². The summed E-state index contributed by atoms with van der Waals surface area (Å²) in [7, 11) is 0. The van der Waals surface area contributed by atoms with E-state index >= 15 is 0 Å². The van der Waals surface area contributed by atoms with Crippen LogP contribution in [0.15, 0.2) is 54.6 Å². The highest BCUT2D eigenvalue weighted by molar-refractivity contribution is 5.28. The van der Waals surface area contributed by atoms with E-state index < -0.39 is 5.79 Å². The van der Waals surface area contributed by atoms with Gasteiger partial charge in [-0.25, -0.2) is 0 Å². The monoisotopic (exact) mass is 284 g/mol. The van der Waals surface area contributed by atoms with Gasteiger partial charge in [-0.2, -0.15) is 0 Å². The van der Waals surface area contributed by atoms with Gasteiger partial charge >= 0.3 is 0 Å². The van der Waals surface area contributed by atoms with Crippen molar-refractivity contribution in [2.75, 3.05) is 13.2 Å². The number of hydrogen-bond donors (Lipinski definition) is 0. The van der Waals surface area contributed by atoms with Crippen LogP contribution in [-0.4, -0.2) is 19.0 Å². The van der Waals surface area contributed by atoms with Gasteiger partial charge in [0.25, 0.3) is 0 Å². The molecule has 0 aliphatic carbocycles. The molecule has 0 saturated carbocycles. The van der Waals surface area contributed by atoms with Gasteiger partial charge in [0, 0.05) is 6.42 Å². The average molecular weight is 284 g/mol. The summed E-state index contributed by atoms with van der Waals surface area (Å²) < 4.78 is 17.0. The molecule has 3 nitrogen and oxygen atoms in total. The predicted molar refractivity (Wildman–Crippen MR) is 81.2 cm³/mol. The fraction of sp³-hybridized carbons (Fsp3) is 0.333. The molecule has 0 N–H and O–H groups in total. The van der Waals surface area contributed by atoms with Crippen molar-refractivity contribution < 1.29 is 14.2 Å². The Bertz CT molecular complexity index is 557. The molecular formula is C18H20O3. The molecule has 1 saturated heterocycles. The SMILES string of the molecule is CC1(Cc2ccc(OCc3ccccc3)cc2)OCCO1. The topological polar surface area (TPSA) is 27.7 Å². The Morgan fingerprint density at radius 1 is 0.905 bits per heavy atom. The van der Waals surface area contributed by atoms with E-state index in [9.17, 15) is 0 Å². The zero-order valence-electron chi connectivity index (χ0n) is 12.2. The first-order valence-corrected chi connectivity index (χ1v) is 7.27. The first-order chi connectivity index (χ1) is 10.2. The first-order valence-electron chi connectivity index (χ1n) is 7.27. The second-order valence-corrected chi connectivity index (χ2v) is 5.43. The minimum absolute atomic E-state index is 0.480. The quantitative estimate of drug-likeness (QED) is 0.840. The van der Waals surface area contributed by atoms with E-state index in [0.29, 0.717) is 19.8 Å². The van der Waals surface area contributed by atoms with Gasteiger partial charge < -0.3 is 14.2 Å². The van der Waals surface area contributed by atoms with Crippen molar-refractivity contribution in [3.8, 4) is 5.75 Å². The van der Waals surface area contributed by atoms with Gasteiger partial charge in [0.05, 0.1) is 13.2 Å². The van der Waals surface area contributed by atoms with Crippen molar-refractivity contribution in [2.45, 2.75) is 25.7 Å². The van der Waals surface area contributed by atoms with Gasteiger partial charge in [-0.3, -0.25) is 0 Å². The van der Waals surface area contributed by atoms with Crippen molar-refractivity contribution in [1.82, 2.24) is 0 Å². The van der Waals surface area contributed by atoms with Gasteiger partial charge in [0.1, 0.15) is 12.4 Å². The molecule has 3 rings (SSSR count). The van der Waals surface area contributed by atoms with Crippen molar-refractivity contribution in [3.05, 3.63) is 65.7 Å². The Balaban J connectivity index is 1.56. The molecule has 0 atom stereocenters. The lowest BCUT2D eigenvalue weighted by molar-refractivity contribution is -0.140. The minimum atomic E-state index is -0.480. The molecule has 1 heterocycles. The standard InChI is InChI=1S/C18H20O3/c1-18(20-11-12-21-18)13-15-7-9-17(10-8-15)19-14-16-5-3-2-4-6-16/h2-10H,11-14H2,1H3. The summed E-state index contributed by atoms with van der Waals surface area (Å²) >= 11 is 0. The van der Waals surface area contributed by atoms with Crippen LogP contribution in [-0.2, 0) is 22.5 Å². The number of benzene rings is 2. The molecular weight excluding hydrogens is 264 g/mol. The molecule has 21 heavy (non-hydrogen) atoms. The van der Waals surface area contributed by atoms with Gasteiger partial charge in [0.15, 0.2) is 5.79 Å². The Hall–Kier alpha value is -1.84. The summed E-state index contributed by atoms with van der Waals surface area (Å²) in [5.41, 5.74) is 2.35. The van der Waals surface area contributed by atoms with Gasteiger partial charge in [-0.15, -0.1) is 0 Å². The highest BCUT2D eigenvalue weighted by atomic mass is 16.7. The molecule has 0 amide bonds. The maximum atomic E-state index is 5.78. The normalized spacial score (nSPS) is 16.8. The zero-order chi connectivity index (χ0) is 14.5. The molecule has 0 spiro atoms. The van der Waals surface area contributed by atoms with Gasteiger partial charge in [-0.05, 0) is 30.2 Å². The molecule has 1 aliphatic rings. The lowest BCUT2D eigenvalue weighted by Crippen LogP contribution is -2.28. The fourth-order valence-electron chi connectivity index (χ4n) is 2.47. The van der Waals surface area contributed by atoms with Crippen LogP contribution in [0.4, 0.5) is 0 Å². The van der Waals surface area contributed by atoms with Gasteiger partial charge in [0.2, 0.25) is 0 Å². The zero-order valence-corrected chi connectivity index (χ0v) is 12.2. The summed E-state index contributed by atoms with van der Waals surface area (Å²) in [6.07, 6.45) is 0.756. The second kappa shape index (κ2) is 6.29. The third kappa shape index (κ3) is 3.84. The smallest absolute Gasteiger partial charge is 0.169 e. The van der Waals surface area contributed by atoms with Crippen molar-refractivity contribution in [3.63, 3.8) is 0 Å². The maximum absolute atomic E-state index is 5.78. The maximum Gasteiger partial charge on any atom is 0.169 e. The third-order valence-corrected chi connectivity index (χ3v) is 3.60. The molecule has 1 aliphatic heterocycles. The van der Waals surface area contributed by atoms with Crippen LogP contribution in [0.1, 0.15) is 18.1 Å². The van der Waals surface area contributed by atoms with E-state index in [4.69, 9.17) is 14.2 Å². The van der Waals surface area contributed by atoms with E-state index in [2.05, 4.69) is 24.3 Å². The highest BCUT2D eigenvalue weighted by Gasteiger charge is 2.30. The van der Waals surface area contributed by atoms with E-state index in [1.165, 1.54) is 11.1 Å². The molecule has 2 aromatic carbocycles. The first kappa shape index (κ1) is 14.1. The molecule has 1 fully saturated rings. The summed E-state index contributed by atoms with van der Waals surface area (Å²) in [5, 5.41) is 0. The van der Waals surface area contributed by atoms with Crippen LogP contribution in [0.5, 0.6) is 5.75 Å². The van der Waals surface area contributed by atoms with E-state index in [0.717, 1.165) is 12.2 Å². The van der Waals surface area contributed by atoms with Gasteiger partial charge in [-0.1, -0.05) is 42.5 Å². The molecule has 0 unspecified atom stereocenters. The van der Waals surface area contributed by atoms with Crippen LogP contribution in [0, 0.1) is 0 Å². The molecule has 2 aromatic rings. The minimum Gasteiger partial charge on any atom is -0.489 e. The summed E-state index contributed by atoms with van der Waals surface area (Å²) in [6, 6.07) is 18.3. The van der Waals surface area contributed by atoms with Crippen LogP contribution >= 0.6 is 0 Å². The predicted octanol–water partition coefficient (Wildman–Crippen LogP) is 3.57. The number of ether oxygens (including phenoxy) is 3. The molecule has 3 heteroatoms. The Kier molecular flexibility index (Phi) is 4.23. The number of hydrogen-bond acceptors (Lipinski definition) is 3. The summed E-state index contributed by atoms with van der Waals surface area (Å²) in [5.74, 6) is 0.396. The third-order valence-electron chi connectivity index (χ3n) is 3.60. The van der Waals surface area contributed by atoms with E-state index in [1.807, 2.05) is 37.3 Å².